The van der Waals surface area contributed by atoms with E-state index in [0.717, 1.165) is 16.0 Å². The second kappa shape index (κ2) is 4.79. The van der Waals surface area contributed by atoms with Crippen molar-refractivity contribution in [2.24, 2.45) is 0 Å². The fourth-order valence-electron chi connectivity index (χ4n) is 1.56. The topological polar surface area (TPSA) is 0 Å². The molecule has 0 atom stereocenters. The maximum absolute atomic E-state index is 4.11. The summed E-state index contributed by atoms with van der Waals surface area (Å²) in [6.07, 6.45) is 6.22. The van der Waals surface area contributed by atoms with Crippen LogP contribution in [0.1, 0.15) is 25.0 Å². The monoisotopic (exact) mass is 198 g/mol. The summed E-state index contributed by atoms with van der Waals surface area (Å²) in [6.45, 7) is 14.1. The molecule has 0 aliphatic rings. The van der Waals surface area contributed by atoms with Crippen LogP contribution in [0.3, 0.4) is 0 Å². The number of hydrogen-bond acceptors (Lipinski definition) is 0. The van der Waals surface area contributed by atoms with Crippen molar-refractivity contribution >= 4 is 18.7 Å². The molecule has 0 saturated carbocycles. The van der Waals surface area contributed by atoms with E-state index in [9.17, 15) is 0 Å². The van der Waals surface area contributed by atoms with Crippen LogP contribution in [-0.2, 0) is 0 Å². The minimum Gasteiger partial charge on any atom is -0.0961 e. The van der Waals surface area contributed by atoms with Crippen LogP contribution in [0.5, 0.6) is 0 Å². The SMILES string of the molecule is C=C(C)/C=c1/ccc(/C=C\C)c(C)c1=C. The van der Waals surface area contributed by atoms with Crippen LogP contribution in [0, 0.1) is 6.92 Å². The third-order valence-electron chi connectivity index (χ3n) is 2.42. The standard InChI is InChI=1S/C15H18/c1-6-7-14-8-9-15(10-11(2)3)13(5)12(14)4/h6-10H,2,5H2,1,3-4H3/b7-6-,15-10-. The van der Waals surface area contributed by atoms with Crippen molar-refractivity contribution in [3.05, 3.63) is 51.9 Å². The van der Waals surface area contributed by atoms with Gasteiger partial charge in [-0.1, -0.05) is 49.1 Å². The van der Waals surface area contributed by atoms with Gasteiger partial charge in [-0.3, -0.25) is 0 Å². The van der Waals surface area contributed by atoms with E-state index >= 15 is 0 Å². The zero-order valence-corrected chi connectivity index (χ0v) is 9.80. The molecule has 78 valence electrons. The first-order chi connectivity index (χ1) is 7.06. The van der Waals surface area contributed by atoms with Crippen LogP contribution in [0.25, 0.3) is 18.7 Å². The lowest BCUT2D eigenvalue weighted by molar-refractivity contribution is 1.35. The van der Waals surface area contributed by atoms with Crippen LogP contribution < -0.4 is 10.4 Å². The van der Waals surface area contributed by atoms with Gasteiger partial charge in [0.05, 0.1) is 0 Å². The molecule has 1 aromatic carbocycles. The first kappa shape index (κ1) is 11.5. The Bertz CT molecular complexity index is 502. The Morgan fingerprint density at radius 2 is 2.00 bits per heavy atom. The highest BCUT2D eigenvalue weighted by Crippen LogP contribution is 2.02. The fraction of sp³-hybridized carbons (Fsp3) is 0.200. The summed E-state index contributed by atoms with van der Waals surface area (Å²) in [5.74, 6) is 0. The molecular weight excluding hydrogens is 180 g/mol. The zero-order chi connectivity index (χ0) is 11.4. The molecule has 0 aromatic heterocycles. The van der Waals surface area contributed by atoms with Gasteiger partial charge in [-0.15, -0.1) is 0 Å². The lowest BCUT2D eigenvalue weighted by atomic mass is 10.0. The van der Waals surface area contributed by atoms with Crippen molar-refractivity contribution in [3.8, 4) is 0 Å². The third-order valence-corrected chi connectivity index (χ3v) is 2.42. The lowest BCUT2D eigenvalue weighted by Gasteiger charge is -2.01. The van der Waals surface area contributed by atoms with Crippen LogP contribution >= 0.6 is 0 Å². The van der Waals surface area contributed by atoms with Crippen LogP contribution in [0.2, 0.25) is 0 Å². The number of benzene rings is 1. The van der Waals surface area contributed by atoms with Gasteiger partial charge < -0.3 is 0 Å². The Kier molecular flexibility index (Phi) is 3.68. The highest BCUT2D eigenvalue weighted by Gasteiger charge is 1.95. The molecule has 0 heterocycles. The highest BCUT2D eigenvalue weighted by molar-refractivity contribution is 5.55. The molecule has 0 heteroatoms. The first-order valence-corrected chi connectivity index (χ1v) is 5.14. The normalized spacial score (nSPS) is 12.3. The molecule has 0 amide bonds. The van der Waals surface area contributed by atoms with E-state index < -0.39 is 0 Å². The van der Waals surface area contributed by atoms with E-state index in [1.807, 2.05) is 19.9 Å². The smallest absolute Gasteiger partial charge is 0.0184 e. The highest BCUT2D eigenvalue weighted by atomic mass is 14.0. The Labute approximate surface area is 92.0 Å². The molecule has 0 bridgehead atoms. The summed E-state index contributed by atoms with van der Waals surface area (Å²) in [7, 11) is 0. The summed E-state index contributed by atoms with van der Waals surface area (Å²) in [5, 5.41) is 2.25. The molecule has 1 rings (SSSR count). The van der Waals surface area contributed by atoms with Crippen molar-refractivity contribution in [1.29, 1.82) is 0 Å². The van der Waals surface area contributed by atoms with Gasteiger partial charge in [-0.25, -0.2) is 0 Å². The average Bonchev–Trinajstić information content (AvgIpc) is 2.17. The van der Waals surface area contributed by atoms with Crippen molar-refractivity contribution in [2.75, 3.05) is 0 Å². The molecule has 0 nitrogen and oxygen atoms in total. The van der Waals surface area contributed by atoms with Gasteiger partial charge >= 0.3 is 0 Å². The minimum atomic E-state index is 1.05. The third kappa shape index (κ3) is 2.69. The molecule has 0 aliphatic heterocycles. The lowest BCUT2D eigenvalue weighted by Crippen LogP contribution is -2.26. The van der Waals surface area contributed by atoms with Gasteiger partial charge in [0.2, 0.25) is 0 Å². The second-order valence-corrected chi connectivity index (χ2v) is 3.84. The zero-order valence-electron chi connectivity index (χ0n) is 9.80. The van der Waals surface area contributed by atoms with Gasteiger partial charge in [0.1, 0.15) is 0 Å². The molecule has 0 N–H and O–H groups in total. The minimum absolute atomic E-state index is 1.05. The van der Waals surface area contributed by atoms with Crippen LogP contribution in [0.4, 0.5) is 0 Å². The van der Waals surface area contributed by atoms with Crippen molar-refractivity contribution in [3.63, 3.8) is 0 Å². The molecule has 0 saturated heterocycles. The van der Waals surface area contributed by atoms with Crippen molar-refractivity contribution in [1.82, 2.24) is 0 Å². The molecule has 0 unspecified atom stereocenters. The van der Waals surface area contributed by atoms with E-state index in [-0.39, 0.29) is 0 Å². The second-order valence-electron chi connectivity index (χ2n) is 3.84. The number of rotatable bonds is 2. The average molecular weight is 198 g/mol. The summed E-state index contributed by atoms with van der Waals surface area (Å²) in [5.41, 5.74) is 3.53. The Balaban J connectivity index is 3.47. The van der Waals surface area contributed by atoms with Gasteiger partial charge in [-0.2, -0.15) is 0 Å². The molecular formula is C15H18. The molecule has 0 fully saturated rings. The van der Waals surface area contributed by atoms with E-state index in [1.165, 1.54) is 11.1 Å². The Morgan fingerprint density at radius 1 is 1.33 bits per heavy atom. The summed E-state index contributed by atoms with van der Waals surface area (Å²) in [6, 6.07) is 4.22. The maximum atomic E-state index is 4.11. The largest absolute Gasteiger partial charge is 0.0961 e. The summed E-state index contributed by atoms with van der Waals surface area (Å²) < 4.78 is 0. The number of allylic oxidation sites excluding steroid dienone is 2. The van der Waals surface area contributed by atoms with E-state index in [4.69, 9.17) is 0 Å². The molecule has 15 heavy (non-hydrogen) atoms. The Morgan fingerprint density at radius 3 is 2.53 bits per heavy atom. The van der Waals surface area contributed by atoms with Gasteiger partial charge in [0.15, 0.2) is 0 Å². The van der Waals surface area contributed by atoms with Crippen LogP contribution in [-0.4, -0.2) is 0 Å². The quantitative estimate of drug-likeness (QED) is 0.685. The van der Waals surface area contributed by atoms with E-state index in [0.29, 0.717) is 0 Å². The fourth-order valence-corrected chi connectivity index (χ4v) is 1.56. The molecule has 0 radical (unpaired) electrons. The summed E-state index contributed by atoms with van der Waals surface area (Å²) >= 11 is 0. The summed E-state index contributed by atoms with van der Waals surface area (Å²) in [4.78, 5) is 0. The predicted molar refractivity (Wildman–Crippen MR) is 69.9 cm³/mol. The predicted octanol–water partition coefficient (Wildman–Crippen LogP) is 2.80. The van der Waals surface area contributed by atoms with E-state index in [2.05, 4.69) is 44.4 Å². The Hall–Kier alpha value is -1.56. The molecule has 1 aromatic rings. The first-order valence-electron chi connectivity index (χ1n) is 5.14. The van der Waals surface area contributed by atoms with Gasteiger partial charge in [0, 0.05) is 0 Å². The van der Waals surface area contributed by atoms with Crippen molar-refractivity contribution in [2.45, 2.75) is 20.8 Å². The van der Waals surface area contributed by atoms with E-state index in [1.54, 1.807) is 0 Å². The number of hydrogen-bond donors (Lipinski definition) is 0. The van der Waals surface area contributed by atoms with Gasteiger partial charge in [0.25, 0.3) is 0 Å². The maximum Gasteiger partial charge on any atom is -0.0184 e. The molecule has 0 aliphatic carbocycles. The molecule has 0 spiro atoms. The van der Waals surface area contributed by atoms with Gasteiger partial charge in [-0.05, 0) is 42.3 Å². The van der Waals surface area contributed by atoms with Crippen LogP contribution in [0.15, 0.2) is 30.4 Å². The van der Waals surface area contributed by atoms with Crippen molar-refractivity contribution < 1.29 is 0 Å².